The zero-order chi connectivity index (χ0) is 21.5. The Hall–Kier alpha value is -2.54. The van der Waals surface area contributed by atoms with Crippen LogP contribution in [-0.4, -0.2) is 55.0 Å². The van der Waals surface area contributed by atoms with Gasteiger partial charge in [0.15, 0.2) is 11.5 Å². The molecule has 3 rings (SSSR count). The van der Waals surface area contributed by atoms with Crippen molar-refractivity contribution in [2.24, 2.45) is 0 Å². The van der Waals surface area contributed by atoms with Crippen LogP contribution >= 0.6 is 11.3 Å². The average Bonchev–Trinajstić information content (AvgIpc) is 3.48. The van der Waals surface area contributed by atoms with E-state index in [0.29, 0.717) is 37.4 Å². The molecule has 1 heterocycles. The predicted octanol–water partition coefficient (Wildman–Crippen LogP) is 3.74. The van der Waals surface area contributed by atoms with Gasteiger partial charge in [0.2, 0.25) is 11.8 Å². The van der Waals surface area contributed by atoms with Gasteiger partial charge in [-0.25, -0.2) is 0 Å². The minimum atomic E-state index is -0.00224. The maximum absolute atomic E-state index is 13.2. The minimum Gasteiger partial charge on any atom is -0.493 e. The highest BCUT2D eigenvalue weighted by Crippen LogP contribution is 2.29. The highest BCUT2D eigenvalue weighted by Gasteiger charge is 2.34. The molecule has 162 valence electrons. The third kappa shape index (κ3) is 5.75. The molecule has 0 radical (unpaired) electrons. The Kier molecular flexibility index (Phi) is 7.74. The lowest BCUT2D eigenvalue weighted by Gasteiger charge is -2.27. The van der Waals surface area contributed by atoms with E-state index in [4.69, 9.17) is 9.47 Å². The molecule has 0 aliphatic heterocycles. The number of benzene rings is 1. The van der Waals surface area contributed by atoms with Gasteiger partial charge in [-0.1, -0.05) is 19.1 Å². The van der Waals surface area contributed by atoms with Crippen LogP contribution in [0.15, 0.2) is 35.7 Å². The fourth-order valence-corrected chi connectivity index (χ4v) is 4.16. The molecule has 0 N–H and O–H groups in total. The molecule has 1 aliphatic carbocycles. The van der Waals surface area contributed by atoms with Crippen LogP contribution < -0.4 is 9.47 Å². The first-order valence-electron chi connectivity index (χ1n) is 10.4. The molecular formula is C23H30N2O4S. The Morgan fingerprint density at radius 1 is 1.10 bits per heavy atom. The van der Waals surface area contributed by atoms with E-state index in [1.165, 1.54) is 0 Å². The molecule has 1 aliphatic rings. The summed E-state index contributed by atoms with van der Waals surface area (Å²) in [7, 11) is 3.23. The van der Waals surface area contributed by atoms with E-state index in [1.807, 2.05) is 47.5 Å². The van der Waals surface area contributed by atoms with Gasteiger partial charge in [0.05, 0.1) is 20.8 Å². The summed E-state index contributed by atoms with van der Waals surface area (Å²) in [4.78, 5) is 30.2. The van der Waals surface area contributed by atoms with Crippen LogP contribution in [0.3, 0.4) is 0 Å². The van der Waals surface area contributed by atoms with Gasteiger partial charge in [-0.15, -0.1) is 11.3 Å². The molecule has 6 nitrogen and oxygen atoms in total. The minimum absolute atomic E-state index is 0.00224. The van der Waals surface area contributed by atoms with E-state index in [1.54, 1.807) is 30.5 Å². The van der Waals surface area contributed by atoms with Crippen molar-refractivity contribution in [1.29, 1.82) is 0 Å². The Balaban J connectivity index is 1.70. The number of rotatable bonds is 11. The van der Waals surface area contributed by atoms with Crippen molar-refractivity contribution in [2.45, 2.75) is 45.2 Å². The van der Waals surface area contributed by atoms with E-state index in [9.17, 15) is 9.59 Å². The smallest absolute Gasteiger partial charge is 0.242 e. The molecule has 30 heavy (non-hydrogen) atoms. The SMILES string of the molecule is CCC(=O)N(CC(=O)N(CCc1ccc(OC)c(OC)c1)Cc1cccs1)C1CC1. The molecule has 1 aromatic carbocycles. The Bertz CT molecular complexity index is 849. The number of ether oxygens (including phenoxy) is 2. The Morgan fingerprint density at radius 3 is 2.47 bits per heavy atom. The second-order valence-electron chi connectivity index (χ2n) is 7.44. The van der Waals surface area contributed by atoms with Crippen molar-refractivity contribution in [3.8, 4) is 11.5 Å². The summed E-state index contributed by atoms with van der Waals surface area (Å²) >= 11 is 1.64. The molecule has 0 saturated heterocycles. The quantitative estimate of drug-likeness (QED) is 0.545. The summed E-state index contributed by atoms with van der Waals surface area (Å²) in [5.74, 6) is 1.42. The largest absolute Gasteiger partial charge is 0.493 e. The highest BCUT2D eigenvalue weighted by atomic mass is 32.1. The molecule has 0 spiro atoms. The van der Waals surface area contributed by atoms with Crippen molar-refractivity contribution < 1.29 is 19.1 Å². The second kappa shape index (κ2) is 10.5. The highest BCUT2D eigenvalue weighted by molar-refractivity contribution is 7.09. The fourth-order valence-electron chi connectivity index (χ4n) is 3.44. The van der Waals surface area contributed by atoms with Gasteiger partial charge >= 0.3 is 0 Å². The molecule has 2 aromatic rings. The van der Waals surface area contributed by atoms with Crippen molar-refractivity contribution in [3.63, 3.8) is 0 Å². The summed E-state index contributed by atoms with van der Waals surface area (Å²) in [6.45, 7) is 3.14. The standard InChI is InChI=1S/C23H30N2O4S/c1-4-22(26)25(18-8-9-18)16-23(27)24(15-19-6-5-13-30-19)12-11-17-7-10-20(28-2)21(14-17)29-3/h5-7,10,13-14,18H,4,8-9,11-12,15-16H2,1-3H3. The van der Waals surface area contributed by atoms with Crippen molar-refractivity contribution in [2.75, 3.05) is 27.3 Å². The summed E-state index contributed by atoms with van der Waals surface area (Å²) in [6, 6.07) is 10.1. The maximum Gasteiger partial charge on any atom is 0.242 e. The molecule has 0 atom stereocenters. The molecule has 1 saturated carbocycles. The van der Waals surface area contributed by atoms with E-state index < -0.39 is 0 Å². The number of hydrogen-bond donors (Lipinski definition) is 0. The number of amides is 2. The summed E-state index contributed by atoms with van der Waals surface area (Å²) in [5, 5.41) is 2.02. The zero-order valence-electron chi connectivity index (χ0n) is 17.9. The van der Waals surface area contributed by atoms with Crippen molar-refractivity contribution in [3.05, 3.63) is 46.2 Å². The lowest BCUT2D eigenvalue weighted by molar-refractivity contribution is -0.141. The lowest BCUT2D eigenvalue weighted by atomic mass is 10.1. The van der Waals surface area contributed by atoms with Crippen LogP contribution in [0.5, 0.6) is 11.5 Å². The second-order valence-corrected chi connectivity index (χ2v) is 8.47. The first-order chi connectivity index (χ1) is 14.5. The number of carbonyl (C=O) groups excluding carboxylic acids is 2. The van der Waals surface area contributed by atoms with Crippen LogP contribution in [0.2, 0.25) is 0 Å². The van der Waals surface area contributed by atoms with Crippen LogP contribution in [0, 0.1) is 0 Å². The molecule has 1 fully saturated rings. The number of hydrogen-bond acceptors (Lipinski definition) is 5. The molecule has 7 heteroatoms. The lowest BCUT2D eigenvalue weighted by Crippen LogP contribution is -2.44. The number of nitrogens with zero attached hydrogens (tertiary/aromatic N) is 2. The van der Waals surface area contributed by atoms with Gasteiger partial charge in [-0.3, -0.25) is 9.59 Å². The predicted molar refractivity (Wildman–Crippen MR) is 118 cm³/mol. The molecule has 0 bridgehead atoms. The Labute approximate surface area is 182 Å². The van der Waals surface area contributed by atoms with Gasteiger partial charge in [-0.05, 0) is 48.4 Å². The van der Waals surface area contributed by atoms with Crippen molar-refractivity contribution >= 4 is 23.2 Å². The monoisotopic (exact) mass is 430 g/mol. The normalized spacial score (nSPS) is 13.0. The molecular weight excluding hydrogens is 400 g/mol. The molecule has 0 unspecified atom stereocenters. The van der Waals surface area contributed by atoms with Crippen LogP contribution in [-0.2, 0) is 22.6 Å². The fraction of sp³-hybridized carbons (Fsp3) is 0.478. The first-order valence-corrected chi connectivity index (χ1v) is 11.2. The van der Waals surface area contributed by atoms with Gasteiger partial charge in [0.25, 0.3) is 0 Å². The van der Waals surface area contributed by atoms with Gasteiger partial charge < -0.3 is 19.3 Å². The van der Waals surface area contributed by atoms with Gasteiger partial charge in [-0.2, -0.15) is 0 Å². The van der Waals surface area contributed by atoms with Crippen LogP contribution in [0.25, 0.3) is 0 Å². The number of methoxy groups -OCH3 is 2. The number of thiophene rings is 1. The first kappa shape index (κ1) is 22.2. The zero-order valence-corrected chi connectivity index (χ0v) is 18.7. The van der Waals surface area contributed by atoms with E-state index in [2.05, 4.69) is 0 Å². The van der Waals surface area contributed by atoms with Crippen molar-refractivity contribution in [1.82, 2.24) is 9.80 Å². The summed E-state index contributed by atoms with van der Waals surface area (Å²) in [5.41, 5.74) is 1.07. The van der Waals surface area contributed by atoms with E-state index in [-0.39, 0.29) is 24.4 Å². The summed E-state index contributed by atoms with van der Waals surface area (Å²) < 4.78 is 10.7. The molecule has 2 amide bonds. The van der Waals surface area contributed by atoms with E-state index in [0.717, 1.165) is 23.3 Å². The summed E-state index contributed by atoms with van der Waals surface area (Å²) in [6.07, 6.45) is 3.12. The average molecular weight is 431 g/mol. The third-order valence-electron chi connectivity index (χ3n) is 5.31. The molecule has 1 aromatic heterocycles. The van der Waals surface area contributed by atoms with Crippen LogP contribution in [0.4, 0.5) is 0 Å². The number of carbonyl (C=O) groups is 2. The van der Waals surface area contributed by atoms with Crippen LogP contribution in [0.1, 0.15) is 36.6 Å². The topological polar surface area (TPSA) is 59.1 Å². The van der Waals surface area contributed by atoms with Gasteiger partial charge in [0, 0.05) is 23.9 Å². The van der Waals surface area contributed by atoms with Gasteiger partial charge in [0.1, 0.15) is 6.54 Å². The third-order valence-corrected chi connectivity index (χ3v) is 6.18. The van der Waals surface area contributed by atoms with E-state index >= 15 is 0 Å². The maximum atomic E-state index is 13.2. The Morgan fingerprint density at radius 2 is 1.87 bits per heavy atom.